The Bertz CT molecular complexity index is 7020. The van der Waals surface area contributed by atoms with Crippen molar-refractivity contribution in [1.29, 1.82) is 26.9 Å². The van der Waals surface area contributed by atoms with E-state index in [2.05, 4.69) is 252 Å². The third-order valence-corrected chi connectivity index (χ3v) is 25.6. The van der Waals surface area contributed by atoms with E-state index in [9.17, 15) is 40.5 Å². The summed E-state index contributed by atoms with van der Waals surface area (Å²) in [4.78, 5) is 45.6. The maximum absolute atomic E-state index is 12.0. The molecule has 692 valence electrons. The van der Waals surface area contributed by atoms with Gasteiger partial charge in [0, 0.05) is 45.0 Å². The van der Waals surface area contributed by atoms with E-state index in [0.29, 0.717) is 65.4 Å². The molecule has 0 radical (unpaired) electrons. The summed E-state index contributed by atoms with van der Waals surface area (Å²) in [7, 11) is 1.59. The average Bonchev–Trinajstić information content (AvgIpc) is 1.60. The van der Waals surface area contributed by atoms with E-state index < -0.39 is 24.7 Å². The number of aryl methyl sites for hydroxylation is 7. The average molecular weight is 1880 g/mol. The molecule has 8 N–H and O–H groups in total. The zero-order valence-electron chi connectivity index (χ0n) is 78.3. The van der Waals surface area contributed by atoms with Crippen molar-refractivity contribution in [3.63, 3.8) is 0 Å². The molecule has 0 bridgehead atoms. The van der Waals surface area contributed by atoms with Crippen LogP contribution in [-0.4, -0.2) is 117 Å². The number of aromatic nitrogens is 10. The van der Waals surface area contributed by atoms with Gasteiger partial charge >= 0.3 is 12.0 Å². The maximum Gasteiger partial charge on any atom is 0.407 e. The molecule has 0 fully saturated rings. The number of fused-ring (bicyclic) bond motifs is 4. The first kappa shape index (κ1) is 99.2. The molecule has 2 amide bonds. The van der Waals surface area contributed by atoms with Crippen molar-refractivity contribution >= 4 is 90.6 Å². The number of para-hydroxylation sites is 6. The number of halogens is 2. The highest BCUT2D eigenvalue weighted by Gasteiger charge is 2.30. The van der Waals surface area contributed by atoms with Gasteiger partial charge in [0.1, 0.15) is 11.8 Å². The van der Waals surface area contributed by atoms with Gasteiger partial charge < -0.3 is 57.5 Å². The third kappa shape index (κ3) is 23.2. The van der Waals surface area contributed by atoms with Crippen molar-refractivity contribution < 1.29 is 29.7 Å². The minimum Gasteiger partial charge on any atom is -0.465 e. The Morgan fingerprint density at radius 3 is 1.11 bits per heavy atom. The number of ketones is 1. The second-order valence-electron chi connectivity index (χ2n) is 35.2. The molecule has 0 aliphatic rings. The van der Waals surface area contributed by atoms with Gasteiger partial charge in [-0.1, -0.05) is 263 Å². The fourth-order valence-electron chi connectivity index (χ4n) is 17.8. The Morgan fingerprint density at radius 1 is 0.418 bits per heavy atom. The Hall–Kier alpha value is -13.8. The van der Waals surface area contributed by atoms with E-state index in [1.165, 1.54) is 43.8 Å². The summed E-state index contributed by atoms with van der Waals surface area (Å²) >= 11 is 5.99. The van der Waals surface area contributed by atoms with E-state index in [4.69, 9.17) is 27.7 Å². The SMILES string of the molecule is Br.Cc1ccc(C[C@@H](CCC(=O)CO)n2c(=N)n(C(C)c3ccc(Cl)nc3)c3ccccc32)cc1.Cc1ccc(C[C@@H](CN(C)C(=O)O)n2c(=N)n(C(C)c3ccc(C)cc3)c3ccccc32)cc1.Cc1ccc(C[C@@H](CNC(=O)C#N)n2c(=N)n(C(C)c3ccc(C)cc3)c3cccnc32)cc1.Cc1ccc(C[C@@H]([C@H](C)O)n2c(=N)n(C(C)c3ccc(C)cc3)c3ccccc32)cc1. The first-order valence-corrected chi connectivity index (χ1v) is 45.6. The van der Waals surface area contributed by atoms with Crippen LogP contribution in [0.3, 0.4) is 0 Å². The summed E-state index contributed by atoms with van der Waals surface area (Å²) < 4.78 is 16.0. The number of hydrogen-bond donors (Lipinski definition) is 8. The molecule has 10 aromatic carbocycles. The van der Waals surface area contributed by atoms with E-state index in [0.717, 1.165) is 83.1 Å². The summed E-state index contributed by atoms with van der Waals surface area (Å²) in [6.07, 6.45) is 5.25. The lowest BCUT2D eigenvalue weighted by atomic mass is 9.99. The second kappa shape index (κ2) is 45.1. The van der Waals surface area contributed by atoms with Crippen molar-refractivity contribution in [1.82, 2.24) is 56.7 Å². The van der Waals surface area contributed by atoms with E-state index in [-0.39, 0.29) is 90.6 Å². The standard InChI is InChI=1S/C28H32N4O2.C27H29ClN4O2.C27H28N6O.C27H31N3O.BrH/c1-19-9-13-22(14-10-19)17-24(18-30(4)28(33)34)32-26-8-6-5-7-25(26)31(27(32)29)21(3)23-15-11-20(2)12-16-23;1-18-7-9-20(10-8-18)15-22(12-13-23(34)17-33)32-25-6-4-3-5-24(25)31(27(32)29)19(2)21-11-14-26(28)30-16-21;1-18-6-10-21(11-7-18)15-23(17-31-25(34)16-28)33-26-24(5-4-14-30-26)32(27(33)29)20(3)22-12-8-19(2)9-13-22;1-18-9-13-22(14-10-18)17-26(21(4)31)30-25-8-6-5-7-24(25)29(27(30)28)20(3)23-15-11-19(2)12-16-23;/h5-16,21,24,29H,17-18H2,1-4H3,(H,33,34);3-11,14,16,19,22,29,33H,12-13,15,17H2,1-2H3;4-14,20,23,29H,15,17H2,1-3H3,(H,31,34);5-16,20-21,26,28,31H,17H2,1-4H3;1H/t21?,24-;19?,22-;20?,23-;20?,21-,26-;/m0100./s1. The number of carboxylic acid groups (broad SMARTS) is 1. The third-order valence-electron chi connectivity index (χ3n) is 25.4. The predicted octanol–water partition coefficient (Wildman–Crippen LogP) is 20.4. The number of nitriles is 1. The lowest BCUT2D eigenvalue weighted by Crippen LogP contribution is -2.37. The number of pyridine rings is 2. The summed E-state index contributed by atoms with van der Waals surface area (Å²) in [5.41, 5.74) is 25.9. The van der Waals surface area contributed by atoms with Crippen LogP contribution in [0.15, 0.2) is 279 Å². The van der Waals surface area contributed by atoms with Crippen molar-refractivity contribution in [3.8, 4) is 6.07 Å². The topological polar surface area (TPSA) is 312 Å². The molecule has 23 nitrogen and oxygen atoms in total. The predicted molar refractivity (Wildman–Crippen MR) is 537 cm³/mol. The zero-order valence-corrected chi connectivity index (χ0v) is 80.8. The molecule has 134 heavy (non-hydrogen) atoms. The molecule has 6 heterocycles. The summed E-state index contributed by atoms with van der Waals surface area (Å²) in [5, 5.41) is 78.4. The molecule has 16 rings (SSSR count). The quantitative estimate of drug-likeness (QED) is 0.0163. The number of Topliss-reactive ketones (excluding diaryl/α,β-unsaturated/α-hetero) is 1. The van der Waals surface area contributed by atoms with Gasteiger partial charge in [-0.3, -0.25) is 35.8 Å². The molecule has 0 aliphatic carbocycles. The van der Waals surface area contributed by atoms with Gasteiger partial charge in [0.2, 0.25) is 22.5 Å². The van der Waals surface area contributed by atoms with Gasteiger partial charge in [0.15, 0.2) is 17.5 Å². The number of likely N-dealkylation sites (N-methyl/N-ethyl adjacent to an activating group) is 1. The summed E-state index contributed by atoms with van der Waals surface area (Å²) in [6, 6.07) is 90.7. The summed E-state index contributed by atoms with van der Waals surface area (Å²) in [5.74, 6) is -0.879. The molecule has 25 heteroatoms. The van der Waals surface area contributed by atoms with Crippen LogP contribution in [0.25, 0.3) is 44.3 Å². The van der Waals surface area contributed by atoms with Gasteiger partial charge in [-0.25, -0.2) is 14.8 Å². The Kier molecular flexibility index (Phi) is 33.4. The van der Waals surface area contributed by atoms with Crippen LogP contribution in [-0.2, 0) is 35.3 Å². The number of hydrogen-bond acceptors (Lipinski definition) is 12. The van der Waals surface area contributed by atoms with Crippen molar-refractivity contribution in [3.05, 3.63) is 390 Å². The molecule has 4 unspecified atom stereocenters. The van der Waals surface area contributed by atoms with Crippen LogP contribution >= 0.6 is 28.6 Å². The van der Waals surface area contributed by atoms with Crippen LogP contribution in [0, 0.1) is 81.4 Å². The van der Waals surface area contributed by atoms with Crippen LogP contribution < -0.4 is 27.8 Å². The molecule has 0 saturated carbocycles. The molecular formula is C109H121BrClN17O6. The minimum absolute atomic E-state index is 0. The van der Waals surface area contributed by atoms with Crippen molar-refractivity contribution in [2.45, 2.75) is 176 Å². The van der Waals surface area contributed by atoms with Crippen LogP contribution in [0.2, 0.25) is 5.15 Å². The minimum atomic E-state index is -0.974. The van der Waals surface area contributed by atoms with Gasteiger partial charge in [0.25, 0.3) is 0 Å². The van der Waals surface area contributed by atoms with Crippen molar-refractivity contribution in [2.24, 2.45) is 0 Å². The number of aliphatic hydroxyl groups is 2. The number of aliphatic hydroxyl groups excluding tert-OH is 2. The molecule has 0 saturated heterocycles. The normalized spacial score (nSPS) is 13.2. The van der Waals surface area contributed by atoms with E-state index in [1.807, 2.05) is 144 Å². The molecule has 0 aliphatic heterocycles. The first-order chi connectivity index (χ1) is 63.9. The summed E-state index contributed by atoms with van der Waals surface area (Å²) in [6.45, 7) is 24.6. The number of nitrogens with zero attached hydrogens (tertiary/aromatic N) is 12. The van der Waals surface area contributed by atoms with Crippen LogP contribution in [0.4, 0.5) is 4.79 Å². The highest BCUT2D eigenvalue weighted by molar-refractivity contribution is 8.93. The van der Waals surface area contributed by atoms with Gasteiger partial charge in [0.05, 0.1) is 87.0 Å². The highest BCUT2D eigenvalue weighted by Crippen LogP contribution is 2.34. The van der Waals surface area contributed by atoms with Gasteiger partial charge in [-0.05, 0) is 214 Å². The van der Waals surface area contributed by atoms with Gasteiger partial charge in [-0.15, -0.1) is 17.0 Å². The first-order valence-electron chi connectivity index (χ1n) is 45.3. The molecule has 6 aromatic heterocycles. The van der Waals surface area contributed by atoms with Crippen LogP contribution in [0.1, 0.15) is 179 Å². The number of amides is 2. The Balaban J connectivity index is 0.000000161. The molecule has 16 aromatic rings. The fraction of sp³-hybridized carbons (Fsp3) is 0.284. The molecule has 9 atom stereocenters. The van der Waals surface area contributed by atoms with E-state index in [1.54, 1.807) is 31.6 Å². The Morgan fingerprint density at radius 2 is 0.739 bits per heavy atom. The zero-order chi connectivity index (χ0) is 95.0. The maximum atomic E-state index is 12.0. The lowest BCUT2D eigenvalue weighted by molar-refractivity contribution is -0.122. The highest BCUT2D eigenvalue weighted by atomic mass is 79.9. The second-order valence-corrected chi connectivity index (χ2v) is 35.6. The number of nitrogens with one attached hydrogen (secondary N) is 5. The van der Waals surface area contributed by atoms with Crippen molar-refractivity contribution in [2.75, 3.05) is 26.7 Å². The van der Waals surface area contributed by atoms with Gasteiger partial charge in [-0.2, -0.15) is 5.26 Å². The number of benzene rings is 10. The molecule has 0 spiro atoms. The fourth-order valence-corrected chi connectivity index (χ4v) is 17.9. The van der Waals surface area contributed by atoms with E-state index >= 15 is 0 Å². The number of rotatable bonds is 29. The largest absolute Gasteiger partial charge is 0.465 e. The smallest absolute Gasteiger partial charge is 0.407 e. The Labute approximate surface area is 798 Å². The number of carbonyl (C=O) groups is 3. The number of carbonyl (C=O) groups excluding carboxylic acids is 2. The van der Waals surface area contributed by atoms with Crippen LogP contribution in [0.5, 0.6) is 0 Å². The lowest BCUT2D eigenvalue weighted by Gasteiger charge is -2.25. The molecular weight excluding hydrogens is 1760 g/mol. The monoisotopic (exact) mass is 1880 g/mol. The number of imidazole rings is 4.